The first-order chi connectivity index (χ1) is 8.90. The van der Waals surface area contributed by atoms with Gasteiger partial charge in [-0.3, -0.25) is 4.79 Å². The molecule has 0 saturated carbocycles. The minimum Gasteiger partial charge on any atom is -0.397 e. The molecule has 2 rings (SSSR count). The molecule has 0 bridgehead atoms. The van der Waals surface area contributed by atoms with Gasteiger partial charge < -0.3 is 21.7 Å². The quantitative estimate of drug-likeness (QED) is 0.722. The molecule has 19 heavy (non-hydrogen) atoms. The predicted octanol–water partition coefficient (Wildman–Crippen LogP) is 1.68. The highest BCUT2D eigenvalue weighted by Crippen LogP contribution is 2.34. The van der Waals surface area contributed by atoms with Crippen molar-refractivity contribution in [3.05, 3.63) is 16.9 Å². The van der Waals surface area contributed by atoms with Crippen LogP contribution in [0.5, 0.6) is 0 Å². The Morgan fingerprint density at radius 3 is 2.79 bits per heavy atom. The summed E-state index contributed by atoms with van der Waals surface area (Å²) in [6.45, 7) is 0.500. The molecule has 0 radical (unpaired) electrons. The number of benzene rings is 1. The number of nitrogens with two attached hydrogens (primary N) is 2. The van der Waals surface area contributed by atoms with Crippen molar-refractivity contribution in [3.63, 3.8) is 0 Å². The molecule has 1 aliphatic heterocycles. The Bertz CT molecular complexity index is 523. The predicted molar refractivity (Wildman–Crippen MR) is 74.5 cm³/mol. The first-order valence-corrected chi connectivity index (χ1v) is 6.31. The second kappa shape index (κ2) is 5.13. The molecule has 1 saturated heterocycles. The Hall–Kier alpha value is -1.69. The maximum Gasteiger partial charge on any atom is 0.222 e. The van der Waals surface area contributed by atoms with Gasteiger partial charge in [0.15, 0.2) is 5.82 Å². The van der Waals surface area contributed by atoms with Gasteiger partial charge >= 0.3 is 0 Å². The Morgan fingerprint density at radius 1 is 1.47 bits per heavy atom. The summed E-state index contributed by atoms with van der Waals surface area (Å²) in [4.78, 5) is 13.0. The molecular formula is C12H16ClFN4O. The molecule has 104 valence electrons. The molecule has 0 aromatic heterocycles. The standard InChI is InChI=1S/C12H16ClFN4O/c1-18-5-6(2-3-9(18)19)17-12-8(16)4-7(15)10(13)11(12)14/h4,6,17H,2-3,5,15-16H2,1H3. The molecule has 5 nitrogen and oxygen atoms in total. The lowest BCUT2D eigenvalue weighted by atomic mass is 10.0. The van der Waals surface area contributed by atoms with Crippen LogP contribution in [-0.2, 0) is 4.79 Å². The summed E-state index contributed by atoms with van der Waals surface area (Å²) in [6.07, 6.45) is 1.06. The molecule has 1 aliphatic rings. The SMILES string of the molecule is CN1CC(Nc2c(N)cc(N)c(Cl)c2F)CCC1=O. The van der Waals surface area contributed by atoms with Crippen molar-refractivity contribution < 1.29 is 9.18 Å². The third-order valence-electron chi connectivity index (χ3n) is 3.24. The molecule has 1 heterocycles. The summed E-state index contributed by atoms with van der Waals surface area (Å²) in [7, 11) is 1.71. The number of piperidine rings is 1. The molecule has 7 heteroatoms. The Labute approximate surface area is 115 Å². The fourth-order valence-corrected chi connectivity index (χ4v) is 2.30. The van der Waals surface area contributed by atoms with E-state index in [4.69, 9.17) is 23.1 Å². The molecule has 5 N–H and O–H groups in total. The van der Waals surface area contributed by atoms with Crippen LogP contribution in [-0.4, -0.2) is 30.4 Å². The van der Waals surface area contributed by atoms with Crippen molar-refractivity contribution in [2.24, 2.45) is 0 Å². The molecule has 0 spiro atoms. The number of hydrogen-bond acceptors (Lipinski definition) is 4. The van der Waals surface area contributed by atoms with Crippen molar-refractivity contribution in [2.75, 3.05) is 30.4 Å². The second-order valence-electron chi connectivity index (χ2n) is 4.71. The van der Waals surface area contributed by atoms with E-state index >= 15 is 0 Å². The average Bonchev–Trinajstić information content (AvgIpc) is 2.36. The lowest BCUT2D eigenvalue weighted by molar-refractivity contribution is -0.132. The van der Waals surface area contributed by atoms with E-state index in [1.165, 1.54) is 6.07 Å². The number of carbonyl (C=O) groups excluding carboxylic acids is 1. The van der Waals surface area contributed by atoms with Crippen LogP contribution in [0.3, 0.4) is 0 Å². The van der Waals surface area contributed by atoms with Gasteiger partial charge in [0.25, 0.3) is 0 Å². The number of rotatable bonds is 2. The lowest BCUT2D eigenvalue weighted by Gasteiger charge is -2.31. The van der Waals surface area contributed by atoms with Crippen molar-refractivity contribution in [1.82, 2.24) is 4.90 Å². The number of carbonyl (C=O) groups is 1. The van der Waals surface area contributed by atoms with E-state index in [1.807, 2.05) is 0 Å². The van der Waals surface area contributed by atoms with Crippen LogP contribution in [0, 0.1) is 5.82 Å². The van der Waals surface area contributed by atoms with E-state index in [-0.39, 0.29) is 34.0 Å². The van der Waals surface area contributed by atoms with Gasteiger partial charge in [-0.15, -0.1) is 0 Å². The van der Waals surface area contributed by atoms with Crippen LogP contribution in [0.2, 0.25) is 5.02 Å². The monoisotopic (exact) mass is 286 g/mol. The summed E-state index contributed by atoms with van der Waals surface area (Å²) in [5.74, 6) is -0.569. The van der Waals surface area contributed by atoms with Gasteiger partial charge in [0.1, 0.15) is 5.02 Å². The van der Waals surface area contributed by atoms with E-state index < -0.39 is 5.82 Å². The summed E-state index contributed by atoms with van der Waals surface area (Å²) in [5.41, 5.74) is 11.7. The van der Waals surface area contributed by atoms with E-state index in [2.05, 4.69) is 5.32 Å². The van der Waals surface area contributed by atoms with Gasteiger partial charge in [0.2, 0.25) is 5.91 Å². The van der Waals surface area contributed by atoms with Crippen LogP contribution in [0.1, 0.15) is 12.8 Å². The van der Waals surface area contributed by atoms with Crippen LogP contribution < -0.4 is 16.8 Å². The summed E-state index contributed by atoms with van der Waals surface area (Å²) >= 11 is 5.76. The molecule has 1 aromatic rings. The number of hydrogen-bond donors (Lipinski definition) is 3. The second-order valence-corrected chi connectivity index (χ2v) is 5.09. The highest BCUT2D eigenvalue weighted by Gasteiger charge is 2.25. The zero-order valence-corrected chi connectivity index (χ0v) is 11.3. The van der Waals surface area contributed by atoms with E-state index in [1.54, 1.807) is 11.9 Å². The number of nitrogens with zero attached hydrogens (tertiary/aromatic N) is 1. The van der Waals surface area contributed by atoms with Gasteiger partial charge in [0, 0.05) is 26.1 Å². The number of amides is 1. The number of nitrogen functional groups attached to an aromatic ring is 2. The topological polar surface area (TPSA) is 84.4 Å². The maximum atomic E-state index is 14.0. The fourth-order valence-electron chi connectivity index (χ4n) is 2.15. The summed E-state index contributed by atoms with van der Waals surface area (Å²) < 4.78 is 14.0. The Balaban J connectivity index is 2.20. The minimum absolute atomic E-state index is 0.0563. The molecule has 1 amide bonds. The number of halogens is 2. The van der Waals surface area contributed by atoms with Crippen LogP contribution in [0.4, 0.5) is 21.5 Å². The molecular weight excluding hydrogens is 271 g/mol. The van der Waals surface area contributed by atoms with Gasteiger partial charge in [0.05, 0.1) is 17.1 Å². The molecule has 1 fully saturated rings. The molecule has 0 aliphatic carbocycles. The summed E-state index contributed by atoms with van der Waals surface area (Å²) in [6, 6.07) is 1.37. The molecule has 1 aromatic carbocycles. The first kappa shape index (κ1) is 13.7. The minimum atomic E-state index is -0.654. The molecule has 1 unspecified atom stereocenters. The average molecular weight is 287 g/mol. The van der Waals surface area contributed by atoms with Gasteiger partial charge in [-0.25, -0.2) is 4.39 Å². The van der Waals surface area contributed by atoms with Crippen LogP contribution >= 0.6 is 11.6 Å². The van der Waals surface area contributed by atoms with Gasteiger partial charge in [-0.2, -0.15) is 0 Å². The number of nitrogens with one attached hydrogen (secondary N) is 1. The Kier molecular flexibility index (Phi) is 3.71. The van der Waals surface area contributed by atoms with Crippen molar-refractivity contribution in [3.8, 4) is 0 Å². The van der Waals surface area contributed by atoms with Crippen LogP contribution in [0.15, 0.2) is 6.07 Å². The van der Waals surface area contributed by atoms with Crippen molar-refractivity contribution in [1.29, 1.82) is 0 Å². The van der Waals surface area contributed by atoms with Crippen molar-refractivity contribution >= 4 is 34.6 Å². The third-order valence-corrected chi connectivity index (χ3v) is 3.62. The number of anilines is 3. The summed E-state index contributed by atoms with van der Waals surface area (Å²) in [5, 5.41) is 2.86. The first-order valence-electron chi connectivity index (χ1n) is 5.93. The van der Waals surface area contributed by atoms with Crippen LogP contribution in [0.25, 0.3) is 0 Å². The molecule has 1 atom stereocenters. The van der Waals surface area contributed by atoms with E-state index in [9.17, 15) is 9.18 Å². The van der Waals surface area contributed by atoms with E-state index in [0.717, 1.165) is 0 Å². The normalized spacial score (nSPS) is 19.6. The Morgan fingerprint density at radius 2 is 2.16 bits per heavy atom. The van der Waals surface area contributed by atoms with Gasteiger partial charge in [-0.1, -0.05) is 11.6 Å². The van der Waals surface area contributed by atoms with Crippen molar-refractivity contribution in [2.45, 2.75) is 18.9 Å². The largest absolute Gasteiger partial charge is 0.397 e. The highest BCUT2D eigenvalue weighted by atomic mass is 35.5. The highest BCUT2D eigenvalue weighted by molar-refractivity contribution is 6.33. The fraction of sp³-hybridized carbons (Fsp3) is 0.417. The number of likely N-dealkylation sites (tertiary alicyclic amines) is 1. The van der Waals surface area contributed by atoms with E-state index in [0.29, 0.717) is 19.4 Å². The zero-order valence-electron chi connectivity index (χ0n) is 10.5. The maximum absolute atomic E-state index is 14.0. The zero-order chi connectivity index (χ0) is 14.2. The smallest absolute Gasteiger partial charge is 0.222 e. The van der Waals surface area contributed by atoms with Gasteiger partial charge in [-0.05, 0) is 12.5 Å². The lowest BCUT2D eigenvalue weighted by Crippen LogP contribution is -2.43. The number of likely N-dealkylation sites (N-methyl/N-ethyl adjacent to an activating group) is 1. The third kappa shape index (κ3) is 2.68.